The van der Waals surface area contributed by atoms with Gasteiger partial charge >= 0.3 is 0 Å². The monoisotopic (exact) mass is 285 g/mol. The first-order valence-electron chi connectivity index (χ1n) is 6.38. The van der Waals surface area contributed by atoms with Gasteiger partial charge in [-0.25, -0.2) is 0 Å². The van der Waals surface area contributed by atoms with Crippen molar-refractivity contribution in [1.29, 1.82) is 0 Å². The molecule has 2 rings (SSSR count). The summed E-state index contributed by atoms with van der Waals surface area (Å²) in [4.78, 5) is 0. The molecule has 2 aromatic carbocycles. The van der Waals surface area contributed by atoms with E-state index in [1.807, 2.05) is 48.5 Å². The number of rotatable bonds is 4. The highest BCUT2D eigenvalue weighted by Gasteiger charge is 2.00. The van der Waals surface area contributed by atoms with Crippen LogP contribution in [0.1, 0.15) is 16.7 Å². The summed E-state index contributed by atoms with van der Waals surface area (Å²) in [5.74, 6) is 5.92. The molecule has 0 spiro atoms. The number of hydrogen-bond donors (Lipinski definition) is 1. The summed E-state index contributed by atoms with van der Waals surface area (Å²) in [5, 5.41) is 0.733. The highest BCUT2D eigenvalue weighted by molar-refractivity contribution is 6.30. The second kappa shape index (κ2) is 7.72. The lowest BCUT2D eigenvalue weighted by atomic mass is 10.1. The van der Waals surface area contributed by atoms with Gasteiger partial charge in [-0.15, -0.1) is 0 Å². The maximum absolute atomic E-state index is 5.84. The van der Waals surface area contributed by atoms with Gasteiger partial charge < -0.3 is 10.5 Å². The van der Waals surface area contributed by atoms with Gasteiger partial charge in [-0.05, 0) is 29.3 Å². The maximum Gasteiger partial charge on any atom is 0.0733 e. The molecule has 0 radical (unpaired) electrons. The molecule has 0 atom stereocenters. The van der Waals surface area contributed by atoms with Crippen LogP contribution < -0.4 is 5.73 Å². The van der Waals surface area contributed by atoms with E-state index in [1.165, 1.54) is 0 Å². The van der Waals surface area contributed by atoms with Crippen LogP contribution in [-0.2, 0) is 18.0 Å². The third kappa shape index (κ3) is 4.40. The first-order chi connectivity index (χ1) is 9.79. The molecule has 0 heterocycles. The van der Waals surface area contributed by atoms with E-state index in [0.717, 1.165) is 21.7 Å². The average Bonchev–Trinajstić information content (AvgIpc) is 2.48. The van der Waals surface area contributed by atoms with Crippen molar-refractivity contribution in [2.45, 2.75) is 13.2 Å². The summed E-state index contributed by atoms with van der Waals surface area (Å²) in [6, 6.07) is 15.6. The van der Waals surface area contributed by atoms with Crippen LogP contribution >= 0.6 is 11.6 Å². The van der Waals surface area contributed by atoms with Gasteiger partial charge in [0, 0.05) is 10.6 Å². The number of halogens is 1. The molecule has 2 N–H and O–H groups in total. The van der Waals surface area contributed by atoms with E-state index in [0.29, 0.717) is 19.8 Å². The Balaban J connectivity index is 1.95. The molecule has 2 nitrogen and oxygen atoms in total. The molecule has 0 amide bonds. The highest BCUT2D eigenvalue weighted by Crippen LogP contribution is 2.13. The molecule has 3 heteroatoms. The Kier molecular flexibility index (Phi) is 5.64. The van der Waals surface area contributed by atoms with E-state index >= 15 is 0 Å². The van der Waals surface area contributed by atoms with Crippen molar-refractivity contribution in [1.82, 2.24) is 0 Å². The van der Waals surface area contributed by atoms with Crippen LogP contribution in [0, 0.1) is 11.8 Å². The Morgan fingerprint density at radius 2 is 1.75 bits per heavy atom. The summed E-state index contributed by atoms with van der Waals surface area (Å²) >= 11 is 5.84. The predicted molar refractivity (Wildman–Crippen MR) is 82.3 cm³/mol. The largest absolute Gasteiger partial charge is 0.372 e. The molecule has 0 saturated carbocycles. The molecule has 2 aromatic rings. The zero-order valence-corrected chi connectivity index (χ0v) is 11.9. The SMILES string of the molecule is NCC#Cc1ccccc1COCc1ccc(Cl)cc1. The Hall–Kier alpha value is -1.79. The minimum atomic E-state index is 0.361. The third-order valence-corrected chi connectivity index (χ3v) is 3.03. The van der Waals surface area contributed by atoms with Crippen LogP contribution in [0.15, 0.2) is 48.5 Å². The lowest BCUT2D eigenvalue weighted by Crippen LogP contribution is -1.97. The molecule has 0 bridgehead atoms. The van der Waals surface area contributed by atoms with E-state index in [-0.39, 0.29) is 0 Å². The summed E-state index contributed by atoms with van der Waals surface area (Å²) in [7, 11) is 0. The van der Waals surface area contributed by atoms with Crippen molar-refractivity contribution >= 4 is 11.6 Å². The summed E-state index contributed by atoms with van der Waals surface area (Å²) in [6.45, 7) is 1.44. The molecule has 0 aliphatic rings. The molecular weight excluding hydrogens is 270 g/mol. The fraction of sp³-hybridized carbons (Fsp3) is 0.176. The predicted octanol–water partition coefficient (Wildman–Crippen LogP) is 3.37. The lowest BCUT2D eigenvalue weighted by Gasteiger charge is -2.07. The Morgan fingerprint density at radius 3 is 2.50 bits per heavy atom. The average molecular weight is 286 g/mol. The van der Waals surface area contributed by atoms with Gasteiger partial charge in [0.1, 0.15) is 0 Å². The van der Waals surface area contributed by atoms with Crippen LogP contribution in [0.25, 0.3) is 0 Å². The molecule has 20 heavy (non-hydrogen) atoms. The molecule has 0 aromatic heterocycles. The van der Waals surface area contributed by atoms with Crippen molar-refractivity contribution in [3.05, 3.63) is 70.2 Å². The van der Waals surface area contributed by atoms with Crippen molar-refractivity contribution in [2.75, 3.05) is 6.54 Å². The molecular formula is C17H16ClNO. The molecule has 0 fully saturated rings. The van der Waals surface area contributed by atoms with Crippen molar-refractivity contribution < 1.29 is 4.74 Å². The van der Waals surface area contributed by atoms with Gasteiger partial charge in [-0.3, -0.25) is 0 Å². The first-order valence-corrected chi connectivity index (χ1v) is 6.76. The standard InChI is InChI=1S/C17H16ClNO/c18-17-9-7-14(8-10-17)12-20-13-16-5-2-1-4-15(16)6-3-11-19/h1-2,4-5,7-10H,11-13,19H2. The van der Waals surface area contributed by atoms with Gasteiger partial charge in [-0.1, -0.05) is 53.8 Å². The summed E-state index contributed by atoms with van der Waals surface area (Å²) < 4.78 is 5.72. The fourth-order valence-corrected chi connectivity index (χ4v) is 1.90. The topological polar surface area (TPSA) is 35.2 Å². The lowest BCUT2D eigenvalue weighted by molar-refractivity contribution is 0.107. The van der Waals surface area contributed by atoms with E-state index in [2.05, 4.69) is 11.8 Å². The Morgan fingerprint density at radius 1 is 1.00 bits per heavy atom. The first kappa shape index (κ1) is 14.6. The van der Waals surface area contributed by atoms with Crippen LogP contribution in [0.3, 0.4) is 0 Å². The third-order valence-electron chi connectivity index (χ3n) is 2.78. The second-order valence-corrected chi connectivity index (χ2v) is 4.72. The van der Waals surface area contributed by atoms with E-state index in [4.69, 9.17) is 22.1 Å². The van der Waals surface area contributed by atoms with E-state index in [1.54, 1.807) is 0 Å². The van der Waals surface area contributed by atoms with Crippen LogP contribution in [0.4, 0.5) is 0 Å². The van der Waals surface area contributed by atoms with Gasteiger partial charge in [0.05, 0.1) is 19.8 Å². The zero-order chi connectivity index (χ0) is 14.2. The van der Waals surface area contributed by atoms with E-state index in [9.17, 15) is 0 Å². The van der Waals surface area contributed by atoms with Gasteiger partial charge in [0.25, 0.3) is 0 Å². The molecule has 0 unspecified atom stereocenters. The van der Waals surface area contributed by atoms with Crippen LogP contribution in [-0.4, -0.2) is 6.54 Å². The number of benzene rings is 2. The van der Waals surface area contributed by atoms with Gasteiger partial charge in [0.2, 0.25) is 0 Å². The van der Waals surface area contributed by atoms with Crippen LogP contribution in [0.2, 0.25) is 5.02 Å². The van der Waals surface area contributed by atoms with Crippen molar-refractivity contribution in [2.24, 2.45) is 5.73 Å². The molecule has 102 valence electrons. The number of ether oxygens (including phenoxy) is 1. The van der Waals surface area contributed by atoms with Gasteiger partial charge in [-0.2, -0.15) is 0 Å². The quantitative estimate of drug-likeness (QED) is 0.874. The van der Waals surface area contributed by atoms with Gasteiger partial charge in [0.15, 0.2) is 0 Å². The van der Waals surface area contributed by atoms with Crippen molar-refractivity contribution in [3.8, 4) is 11.8 Å². The molecule has 0 saturated heterocycles. The fourth-order valence-electron chi connectivity index (χ4n) is 1.77. The van der Waals surface area contributed by atoms with Crippen LogP contribution in [0.5, 0.6) is 0 Å². The maximum atomic E-state index is 5.84. The van der Waals surface area contributed by atoms with Crippen molar-refractivity contribution in [3.63, 3.8) is 0 Å². The molecule has 0 aliphatic carbocycles. The van der Waals surface area contributed by atoms with E-state index < -0.39 is 0 Å². The Labute approximate surface area is 124 Å². The number of nitrogens with two attached hydrogens (primary N) is 1. The summed E-state index contributed by atoms with van der Waals surface area (Å²) in [5.41, 5.74) is 8.53. The Bertz CT molecular complexity index is 611. The summed E-state index contributed by atoms with van der Waals surface area (Å²) in [6.07, 6.45) is 0. The minimum absolute atomic E-state index is 0.361. The molecule has 0 aliphatic heterocycles. The normalized spacial score (nSPS) is 9.90. The minimum Gasteiger partial charge on any atom is -0.372 e. The highest BCUT2D eigenvalue weighted by atomic mass is 35.5. The zero-order valence-electron chi connectivity index (χ0n) is 11.1. The second-order valence-electron chi connectivity index (χ2n) is 4.28. The number of hydrogen-bond acceptors (Lipinski definition) is 2. The smallest absolute Gasteiger partial charge is 0.0733 e.